The van der Waals surface area contributed by atoms with Crippen molar-refractivity contribution < 1.29 is 19.1 Å². The second-order valence-electron chi connectivity index (χ2n) is 3.99. The molecule has 16 heavy (non-hydrogen) atoms. The number of carbonyl (C=O) groups is 3. The molecular formula is C11H17NO4. The van der Waals surface area contributed by atoms with E-state index in [2.05, 4.69) is 10.1 Å². The lowest BCUT2D eigenvalue weighted by Gasteiger charge is -2.21. The van der Waals surface area contributed by atoms with E-state index >= 15 is 0 Å². The van der Waals surface area contributed by atoms with E-state index in [1.165, 1.54) is 6.92 Å². The van der Waals surface area contributed by atoms with Crippen LogP contribution in [0.2, 0.25) is 0 Å². The van der Waals surface area contributed by atoms with E-state index in [4.69, 9.17) is 0 Å². The van der Waals surface area contributed by atoms with Crippen molar-refractivity contribution in [2.45, 2.75) is 32.6 Å². The molecule has 0 unspecified atom stereocenters. The van der Waals surface area contributed by atoms with Gasteiger partial charge in [0.1, 0.15) is 6.61 Å². The summed E-state index contributed by atoms with van der Waals surface area (Å²) in [7, 11) is 0. The Morgan fingerprint density at radius 3 is 2.88 bits per heavy atom. The molecule has 90 valence electrons. The van der Waals surface area contributed by atoms with Crippen LogP contribution in [0.1, 0.15) is 32.6 Å². The molecule has 1 saturated heterocycles. The largest absolute Gasteiger partial charge is 0.458 e. The smallest absolute Gasteiger partial charge is 0.303 e. The highest BCUT2D eigenvalue weighted by atomic mass is 16.5. The molecule has 1 N–H and O–H groups in total. The van der Waals surface area contributed by atoms with Crippen molar-refractivity contribution in [1.82, 2.24) is 5.32 Å². The Balaban J connectivity index is 2.20. The third-order valence-electron chi connectivity index (χ3n) is 2.61. The van der Waals surface area contributed by atoms with Gasteiger partial charge in [-0.25, -0.2) is 0 Å². The summed E-state index contributed by atoms with van der Waals surface area (Å²) in [6.45, 7) is 1.82. The van der Waals surface area contributed by atoms with Gasteiger partial charge in [0.2, 0.25) is 5.91 Å². The maximum absolute atomic E-state index is 11.4. The zero-order chi connectivity index (χ0) is 12.0. The molecule has 0 aromatic rings. The third kappa shape index (κ3) is 4.42. The van der Waals surface area contributed by atoms with E-state index in [1.54, 1.807) is 0 Å². The molecule has 1 rings (SSSR count). The maximum atomic E-state index is 11.4. The molecule has 1 fully saturated rings. The van der Waals surface area contributed by atoms with Crippen molar-refractivity contribution in [3.8, 4) is 0 Å². The van der Waals surface area contributed by atoms with Gasteiger partial charge < -0.3 is 10.1 Å². The quantitative estimate of drug-likeness (QED) is 0.691. The summed E-state index contributed by atoms with van der Waals surface area (Å²) in [4.78, 5) is 33.1. The molecule has 0 aromatic carbocycles. The zero-order valence-electron chi connectivity index (χ0n) is 9.45. The minimum Gasteiger partial charge on any atom is -0.458 e. The van der Waals surface area contributed by atoms with Crippen molar-refractivity contribution >= 4 is 17.7 Å². The lowest BCUT2D eigenvalue weighted by atomic mass is 9.93. The summed E-state index contributed by atoms with van der Waals surface area (Å²) in [5, 5.41) is 2.77. The number of carbonyl (C=O) groups excluding carboxylic acids is 3. The van der Waals surface area contributed by atoms with Crippen LogP contribution in [0.15, 0.2) is 0 Å². The number of esters is 1. The Kier molecular flexibility index (Phi) is 4.95. The molecule has 0 saturated carbocycles. The van der Waals surface area contributed by atoms with E-state index in [9.17, 15) is 14.4 Å². The lowest BCUT2D eigenvalue weighted by molar-refractivity contribution is -0.146. The molecule has 1 heterocycles. The third-order valence-corrected chi connectivity index (χ3v) is 2.61. The summed E-state index contributed by atoms with van der Waals surface area (Å²) in [5.41, 5.74) is 0. The Morgan fingerprint density at radius 1 is 1.50 bits per heavy atom. The Morgan fingerprint density at radius 2 is 2.25 bits per heavy atom. The fraction of sp³-hybridized carbons (Fsp3) is 0.727. The van der Waals surface area contributed by atoms with Crippen LogP contribution >= 0.6 is 0 Å². The lowest BCUT2D eigenvalue weighted by Crippen LogP contribution is -2.36. The number of ether oxygens (including phenoxy) is 1. The van der Waals surface area contributed by atoms with E-state index in [-0.39, 0.29) is 24.2 Å². The predicted octanol–water partition coefficient (Wildman–Crippen LogP) is 0.425. The summed E-state index contributed by atoms with van der Waals surface area (Å²) >= 11 is 0. The number of ketones is 1. The van der Waals surface area contributed by atoms with Crippen LogP contribution < -0.4 is 5.32 Å². The maximum Gasteiger partial charge on any atom is 0.303 e. The first-order valence-corrected chi connectivity index (χ1v) is 5.52. The highest BCUT2D eigenvalue weighted by molar-refractivity contribution is 5.83. The van der Waals surface area contributed by atoms with Crippen LogP contribution in [0.25, 0.3) is 0 Å². The van der Waals surface area contributed by atoms with Crippen LogP contribution in [0.3, 0.4) is 0 Å². The van der Waals surface area contributed by atoms with Gasteiger partial charge >= 0.3 is 5.97 Å². The van der Waals surface area contributed by atoms with Crippen molar-refractivity contribution in [1.29, 1.82) is 0 Å². The number of Topliss-reactive ketones (excluding diaryl/α,β-unsaturated/α-hetero) is 1. The van der Waals surface area contributed by atoms with Gasteiger partial charge in [-0.3, -0.25) is 14.4 Å². The Labute approximate surface area is 94.5 Å². The first-order chi connectivity index (χ1) is 7.59. The number of hydrogen-bond acceptors (Lipinski definition) is 4. The van der Waals surface area contributed by atoms with Gasteiger partial charge in [0, 0.05) is 25.8 Å². The first kappa shape index (κ1) is 12.7. The number of nitrogens with one attached hydrogen (secondary N) is 1. The molecule has 5 nitrogen and oxygen atoms in total. The highest BCUT2D eigenvalue weighted by Gasteiger charge is 2.22. The van der Waals surface area contributed by atoms with Gasteiger partial charge in [0.05, 0.1) is 0 Å². The molecule has 0 aliphatic carbocycles. The molecule has 1 aliphatic rings. The number of amides is 1. The molecule has 1 aliphatic heterocycles. The molecule has 5 heteroatoms. The fourth-order valence-corrected chi connectivity index (χ4v) is 1.70. The summed E-state index contributed by atoms with van der Waals surface area (Å²) < 4.78 is 4.58. The van der Waals surface area contributed by atoms with Crippen LogP contribution in [-0.2, 0) is 19.1 Å². The van der Waals surface area contributed by atoms with E-state index < -0.39 is 5.97 Å². The average molecular weight is 227 g/mol. The molecule has 0 bridgehead atoms. The topological polar surface area (TPSA) is 72.5 Å². The predicted molar refractivity (Wildman–Crippen MR) is 56.6 cm³/mol. The summed E-state index contributed by atoms with van der Waals surface area (Å²) in [6, 6.07) is 0. The van der Waals surface area contributed by atoms with Gasteiger partial charge in [-0.2, -0.15) is 0 Å². The minimum absolute atomic E-state index is 0.0338. The molecular weight excluding hydrogens is 210 g/mol. The molecule has 0 spiro atoms. The zero-order valence-corrected chi connectivity index (χ0v) is 9.45. The van der Waals surface area contributed by atoms with Crippen LogP contribution in [0.4, 0.5) is 0 Å². The van der Waals surface area contributed by atoms with Gasteiger partial charge in [-0.15, -0.1) is 0 Å². The van der Waals surface area contributed by atoms with Crippen molar-refractivity contribution in [3.63, 3.8) is 0 Å². The van der Waals surface area contributed by atoms with Gasteiger partial charge in [-0.05, 0) is 19.3 Å². The SMILES string of the molecule is CC(=O)OCC(=O)CC[C@@H]1CCCNC1=O. The monoisotopic (exact) mass is 227 g/mol. The molecule has 0 aromatic heterocycles. The van der Waals surface area contributed by atoms with Crippen molar-refractivity contribution in [2.24, 2.45) is 5.92 Å². The van der Waals surface area contributed by atoms with Crippen LogP contribution in [0.5, 0.6) is 0 Å². The molecule has 1 amide bonds. The second-order valence-corrected chi connectivity index (χ2v) is 3.99. The number of hydrogen-bond donors (Lipinski definition) is 1. The average Bonchev–Trinajstić information content (AvgIpc) is 2.25. The van der Waals surface area contributed by atoms with Gasteiger partial charge in [-0.1, -0.05) is 0 Å². The molecule has 1 atom stereocenters. The van der Waals surface area contributed by atoms with Gasteiger partial charge in [0.25, 0.3) is 0 Å². The van der Waals surface area contributed by atoms with E-state index in [0.29, 0.717) is 12.8 Å². The summed E-state index contributed by atoms with van der Waals surface area (Å²) in [5.74, 6) is -0.612. The first-order valence-electron chi connectivity index (χ1n) is 5.52. The molecule has 0 radical (unpaired) electrons. The minimum atomic E-state index is -0.455. The van der Waals surface area contributed by atoms with Gasteiger partial charge in [0.15, 0.2) is 5.78 Å². The standard InChI is InChI=1S/C11H17NO4/c1-8(13)16-7-10(14)5-4-9-3-2-6-12-11(9)15/h9H,2-7H2,1H3,(H,12,15)/t9-/m0/s1. The normalized spacial score (nSPS) is 20.1. The highest BCUT2D eigenvalue weighted by Crippen LogP contribution is 2.17. The fourth-order valence-electron chi connectivity index (χ4n) is 1.70. The Hall–Kier alpha value is -1.39. The number of piperidine rings is 1. The summed E-state index contributed by atoms with van der Waals surface area (Å²) in [6.07, 6.45) is 2.65. The van der Waals surface area contributed by atoms with Crippen molar-refractivity contribution in [2.75, 3.05) is 13.2 Å². The van der Waals surface area contributed by atoms with Crippen LogP contribution in [0, 0.1) is 5.92 Å². The number of rotatable bonds is 5. The second kappa shape index (κ2) is 6.25. The van der Waals surface area contributed by atoms with E-state index in [0.717, 1.165) is 19.4 Å². The van der Waals surface area contributed by atoms with E-state index in [1.807, 2.05) is 0 Å². The Bertz CT molecular complexity index is 288. The van der Waals surface area contributed by atoms with Crippen molar-refractivity contribution in [3.05, 3.63) is 0 Å². The van der Waals surface area contributed by atoms with Crippen LogP contribution in [-0.4, -0.2) is 30.8 Å².